The summed E-state index contributed by atoms with van der Waals surface area (Å²) in [5.74, 6) is -1.35. The summed E-state index contributed by atoms with van der Waals surface area (Å²) in [4.78, 5) is 40.5. The molecule has 146 valence electrons. The molecule has 2 aliphatic rings. The van der Waals surface area contributed by atoms with E-state index in [0.29, 0.717) is 18.7 Å². The fraction of sp³-hybridized carbons (Fsp3) is 0.550. The topological polar surface area (TPSA) is 80.3 Å². The number of nitrogens with zero attached hydrogens (tertiary/aromatic N) is 1. The first-order chi connectivity index (χ1) is 12.9. The minimum absolute atomic E-state index is 0.174. The molecule has 0 unspecified atom stereocenters. The van der Waals surface area contributed by atoms with E-state index in [1.165, 1.54) is 12.0 Å². The van der Waals surface area contributed by atoms with Crippen LogP contribution in [0.25, 0.3) is 0 Å². The van der Waals surface area contributed by atoms with Gasteiger partial charge in [-0.05, 0) is 31.4 Å². The zero-order valence-electron chi connectivity index (χ0n) is 16.2. The van der Waals surface area contributed by atoms with E-state index in [9.17, 15) is 14.4 Å². The van der Waals surface area contributed by atoms with Crippen LogP contribution in [0, 0.1) is 18.8 Å². The lowest BCUT2D eigenvalue weighted by molar-refractivity contribution is -0.734. The molecule has 2 N–H and O–H groups in total. The summed E-state index contributed by atoms with van der Waals surface area (Å²) in [6.45, 7) is 4.12. The molecular formula is C20H27N2O4S+. The number of benzene rings is 1. The first kappa shape index (κ1) is 19.9. The maximum absolute atomic E-state index is 13.2. The number of carbonyl (C=O) groups excluding carboxylic acids is 3. The average Bonchev–Trinajstić information content (AvgIpc) is 3.14. The van der Waals surface area contributed by atoms with Gasteiger partial charge in [0.25, 0.3) is 0 Å². The molecule has 0 bridgehead atoms. The van der Waals surface area contributed by atoms with Gasteiger partial charge in [0.15, 0.2) is 0 Å². The zero-order valence-corrected chi connectivity index (χ0v) is 17.0. The number of ether oxygens (including phenoxy) is 1. The molecular weight excluding hydrogens is 364 g/mol. The molecule has 2 aliphatic heterocycles. The van der Waals surface area contributed by atoms with E-state index in [1.807, 2.05) is 42.8 Å². The molecule has 0 radical (unpaired) electrons. The van der Waals surface area contributed by atoms with Crippen molar-refractivity contribution in [2.75, 3.05) is 25.7 Å². The molecule has 0 spiro atoms. The molecule has 0 aliphatic carbocycles. The number of rotatable bonds is 6. The summed E-state index contributed by atoms with van der Waals surface area (Å²) in [7, 11) is 1.35. The van der Waals surface area contributed by atoms with Gasteiger partial charge in [0.2, 0.25) is 17.4 Å². The third-order valence-electron chi connectivity index (χ3n) is 6.01. The Balaban J connectivity index is 2.16. The Labute approximate surface area is 164 Å². The first-order valence-corrected chi connectivity index (χ1v) is 10.7. The number of aryl methyl sites for hydroxylation is 1. The van der Waals surface area contributed by atoms with E-state index < -0.39 is 23.3 Å². The van der Waals surface area contributed by atoms with Crippen molar-refractivity contribution in [3.05, 3.63) is 35.4 Å². The second-order valence-corrected chi connectivity index (χ2v) is 8.23. The summed E-state index contributed by atoms with van der Waals surface area (Å²) in [5, 5.41) is 1.94. The van der Waals surface area contributed by atoms with Crippen LogP contribution in [-0.4, -0.2) is 53.9 Å². The van der Waals surface area contributed by atoms with Crippen LogP contribution in [0.3, 0.4) is 0 Å². The summed E-state index contributed by atoms with van der Waals surface area (Å²) in [6.07, 6.45) is 2.46. The Kier molecular flexibility index (Phi) is 5.63. The van der Waals surface area contributed by atoms with Crippen LogP contribution in [0.4, 0.5) is 0 Å². The molecule has 6 nitrogen and oxygen atoms in total. The van der Waals surface area contributed by atoms with Gasteiger partial charge in [0.05, 0.1) is 7.11 Å². The first-order valence-electron chi connectivity index (χ1n) is 9.27. The molecule has 27 heavy (non-hydrogen) atoms. The van der Waals surface area contributed by atoms with E-state index in [2.05, 4.69) is 0 Å². The fourth-order valence-corrected chi connectivity index (χ4v) is 5.28. The van der Waals surface area contributed by atoms with Gasteiger partial charge in [-0.15, -0.1) is 0 Å². The second-order valence-electron chi connectivity index (χ2n) is 7.25. The van der Waals surface area contributed by atoms with Gasteiger partial charge in [-0.3, -0.25) is 14.5 Å². The van der Waals surface area contributed by atoms with E-state index >= 15 is 0 Å². The summed E-state index contributed by atoms with van der Waals surface area (Å²) in [6, 6.07) is 7.60. The lowest BCUT2D eigenvalue weighted by atomic mass is 9.77. The van der Waals surface area contributed by atoms with Gasteiger partial charge in [0, 0.05) is 18.5 Å². The predicted octanol–water partition coefficient (Wildman–Crippen LogP) is 0.899. The highest BCUT2D eigenvalue weighted by atomic mass is 32.2. The molecule has 0 saturated carbocycles. The number of quaternary nitrogens is 1. The summed E-state index contributed by atoms with van der Waals surface area (Å²) < 4.78 is 5.15. The maximum Gasteiger partial charge on any atom is 0.368 e. The van der Waals surface area contributed by atoms with Crippen molar-refractivity contribution in [3.8, 4) is 0 Å². The Morgan fingerprint density at radius 1 is 1.30 bits per heavy atom. The van der Waals surface area contributed by atoms with Gasteiger partial charge < -0.3 is 10.1 Å². The molecule has 1 aromatic carbocycles. The highest BCUT2D eigenvalue weighted by Crippen LogP contribution is 2.46. The third-order valence-corrected chi connectivity index (χ3v) is 6.62. The van der Waals surface area contributed by atoms with Crippen molar-refractivity contribution in [3.63, 3.8) is 0 Å². The summed E-state index contributed by atoms with van der Waals surface area (Å²) in [5.41, 5.74) is 0.992. The normalized spacial score (nSPS) is 29.9. The van der Waals surface area contributed by atoms with Gasteiger partial charge in [0.1, 0.15) is 17.9 Å². The number of fused-ring (bicyclic) bond motifs is 1. The highest BCUT2D eigenvalue weighted by Gasteiger charge is 2.72. The van der Waals surface area contributed by atoms with E-state index in [1.54, 1.807) is 18.7 Å². The number of likely N-dealkylation sites (tertiary alicyclic amines) is 1. The molecule has 4 atom stereocenters. The highest BCUT2D eigenvalue weighted by molar-refractivity contribution is 7.98. The number of amides is 2. The summed E-state index contributed by atoms with van der Waals surface area (Å²) >= 11 is 1.62. The number of hydrogen-bond acceptors (Lipinski definition) is 5. The van der Waals surface area contributed by atoms with Crippen molar-refractivity contribution in [1.82, 2.24) is 4.90 Å². The molecule has 3 rings (SSSR count). The number of imide groups is 1. The molecule has 0 aromatic heterocycles. The van der Waals surface area contributed by atoms with Gasteiger partial charge in [-0.25, -0.2) is 4.79 Å². The van der Waals surface area contributed by atoms with Gasteiger partial charge in [-0.1, -0.05) is 24.3 Å². The Morgan fingerprint density at radius 3 is 2.59 bits per heavy atom. The van der Waals surface area contributed by atoms with Crippen LogP contribution in [0.15, 0.2) is 24.3 Å². The van der Waals surface area contributed by atoms with Crippen LogP contribution in [0.1, 0.15) is 30.5 Å². The molecule has 2 fully saturated rings. The van der Waals surface area contributed by atoms with E-state index in [4.69, 9.17) is 4.74 Å². The number of carbonyl (C=O) groups is 3. The van der Waals surface area contributed by atoms with Crippen LogP contribution in [0.5, 0.6) is 0 Å². The third kappa shape index (κ3) is 2.97. The quantitative estimate of drug-likeness (QED) is 0.576. The van der Waals surface area contributed by atoms with Gasteiger partial charge in [-0.2, -0.15) is 11.8 Å². The lowest BCUT2D eigenvalue weighted by Gasteiger charge is -2.29. The lowest BCUT2D eigenvalue weighted by Crippen LogP contribution is -2.98. The second kappa shape index (κ2) is 7.64. The van der Waals surface area contributed by atoms with E-state index in [0.717, 1.165) is 11.1 Å². The van der Waals surface area contributed by atoms with Crippen molar-refractivity contribution in [2.45, 2.75) is 31.8 Å². The average molecular weight is 392 g/mol. The predicted molar refractivity (Wildman–Crippen MR) is 103 cm³/mol. The van der Waals surface area contributed by atoms with Crippen LogP contribution < -0.4 is 5.32 Å². The number of thioether (sulfide) groups is 1. The number of esters is 1. The minimum Gasteiger partial charge on any atom is -0.464 e. The number of hydrogen-bond donors (Lipinski definition) is 1. The number of methoxy groups -OCH3 is 1. The van der Waals surface area contributed by atoms with Gasteiger partial charge >= 0.3 is 5.97 Å². The Morgan fingerprint density at radius 2 is 2.00 bits per heavy atom. The monoisotopic (exact) mass is 391 g/mol. The van der Waals surface area contributed by atoms with Crippen molar-refractivity contribution in [1.29, 1.82) is 0 Å². The SMILES string of the molecule is CCN1C(=O)[C@@H]2[C@@H](C1=O)[C@](CCSC)(C(=O)OC)[NH2+][C@H]2c1ccccc1C. The zero-order chi connectivity index (χ0) is 19.8. The van der Waals surface area contributed by atoms with E-state index in [-0.39, 0.29) is 17.9 Å². The Hall–Kier alpha value is -1.86. The molecule has 2 heterocycles. The maximum atomic E-state index is 13.2. The molecule has 2 amide bonds. The molecule has 1 aromatic rings. The Bertz CT molecular complexity index is 768. The standard InChI is InChI=1S/C20H26N2O4S/c1-5-22-17(23)14-15(18(22)24)20(10-11-27-4,19(25)26-3)21-16(14)13-9-7-6-8-12(13)2/h6-9,14-16,21H,5,10-11H2,1-4H3/p+1/t14-,15+,16+,20-/m1/s1. The molecule has 2 saturated heterocycles. The largest absolute Gasteiger partial charge is 0.464 e. The fourth-order valence-electron chi connectivity index (χ4n) is 4.73. The van der Waals surface area contributed by atoms with Crippen LogP contribution in [0.2, 0.25) is 0 Å². The smallest absolute Gasteiger partial charge is 0.368 e. The van der Waals surface area contributed by atoms with Crippen molar-refractivity contribution in [2.24, 2.45) is 11.8 Å². The van der Waals surface area contributed by atoms with Crippen LogP contribution in [-0.2, 0) is 19.1 Å². The minimum atomic E-state index is -1.06. The number of nitrogens with two attached hydrogens (primary N) is 1. The van der Waals surface area contributed by atoms with Crippen molar-refractivity contribution >= 4 is 29.5 Å². The van der Waals surface area contributed by atoms with Crippen molar-refractivity contribution < 1.29 is 24.4 Å². The van der Waals surface area contributed by atoms with Crippen LogP contribution >= 0.6 is 11.8 Å². The molecule has 7 heteroatoms.